The molecule has 1 aliphatic carbocycles. The summed E-state index contributed by atoms with van der Waals surface area (Å²) in [4.78, 5) is 2.43. The number of rotatable bonds is 6. The molecule has 57 heavy (non-hydrogen) atoms. The van der Waals surface area contributed by atoms with Crippen LogP contribution in [0.15, 0.2) is 205 Å². The Balaban J connectivity index is 1.04. The molecule has 0 amide bonds. The van der Waals surface area contributed by atoms with Crippen LogP contribution in [0, 0.1) is 0 Å². The van der Waals surface area contributed by atoms with Gasteiger partial charge in [0.15, 0.2) is 0 Å². The SMILES string of the molecule is CC1(C)c2ccccc2-c2ccc(N(c3ccc(-c4ccc5oc6cc(-c7ccccc7)c7ccccc7c6c5c4)cc3)c3ccccc3-c3ccccc3)cc21. The fourth-order valence-electron chi connectivity index (χ4n) is 9.27. The largest absolute Gasteiger partial charge is 0.456 e. The zero-order chi connectivity index (χ0) is 38.1. The van der Waals surface area contributed by atoms with Gasteiger partial charge in [0, 0.05) is 33.1 Å². The van der Waals surface area contributed by atoms with Gasteiger partial charge in [-0.2, -0.15) is 0 Å². The average Bonchev–Trinajstić information content (AvgIpc) is 3.76. The number of para-hydroxylation sites is 1. The third-order valence-corrected chi connectivity index (χ3v) is 12.1. The highest BCUT2D eigenvalue weighted by atomic mass is 16.3. The Morgan fingerprint density at radius 3 is 1.74 bits per heavy atom. The molecule has 2 nitrogen and oxygen atoms in total. The van der Waals surface area contributed by atoms with Gasteiger partial charge in [0.25, 0.3) is 0 Å². The van der Waals surface area contributed by atoms with E-state index in [1.165, 1.54) is 55.3 Å². The van der Waals surface area contributed by atoms with Crippen molar-refractivity contribution < 1.29 is 4.42 Å². The van der Waals surface area contributed by atoms with Crippen molar-refractivity contribution in [2.24, 2.45) is 0 Å². The Hall–Kier alpha value is -7.16. The smallest absolute Gasteiger partial charge is 0.136 e. The number of nitrogens with zero attached hydrogens (tertiary/aromatic N) is 1. The fourth-order valence-corrected chi connectivity index (χ4v) is 9.27. The van der Waals surface area contributed by atoms with Gasteiger partial charge in [0.2, 0.25) is 0 Å². The zero-order valence-corrected chi connectivity index (χ0v) is 31.9. The van der Waals surface area contributed by atoms with E-state index in [1.54, 1.807) is 0 Å². The van der Waals surface area contributed by atoms with Crippen molar-refractivity contribution in [2.45, 2.75) is 19.3 Å². The van der Waals surface area contributed by atoms with Crippen LogP contribution in [-0.4, -0.2) is 0 Å². The molecular weight excluding hydrogens is 691 g/mol. The van der Waals surface area contributed by atoms with Crippen LogP contribution in [0.5, 0.6) is 0 Å². The molecule has 0 fully saturated rings. The Morgan fingerprint density at radius 1 is 0.368 bits per heavy atom. The first-order valence-electron chi connectivity index (χ1n) is 19.8. The zero-order valence-electron chi connectivity index (χ0n) is 31.9. The minimum absolute atomic E-state index is 0.110. The van der Waals surface area contributed by atoms with E-state index in [9.17, 15) is 0 Å². The number of hydrogen-bond donors (Lipinski definition) is 0. The highest BCUT2D eigenvalue weighted by Gasteiger charge is 2.36. The summed E-state index contributed by atoms with van der Waals surface area (Å²) in [5.74, 6) is 0. The molecule has 0 bridgehead atoms. The molecule has 0 saturated carbocycles. The number of benzene rings is 9. The van der Waals surface area contributed by atoms with Crippen LogP contribution in [0.25, 0.3) is 77.2 Å². The van der Waals surface area contributed by atoms with Crippen molar-refractivity contribution in [3.63, 3.8) is 0 Å². The number of fused-ring (bicyclic) bond motifs is 8. The summed E-state index contributed by atoms with van der Waals surface area (Å²) in [6, 6.07) is 72.5. The van der Waals surface area contributed by atoms with Crippen molar-refractivity contribution in [1.82, 2.24) is 0 Å². The van der Waals surface area contributed by atoms with Gasteiger partial charge in [-0.15, -0.1) is 0 Å². The molecule has 1 heterocycles. The minimum Gasteiger partial charge on any atom is -0.456 e. The maximum Gasteiger partial charge on any atom is 0.136 e. The lowest BCUT2D eigenvalue weighted by molar-refractivity contribution is 0.660. The van der Waals surface area contributed by atoms with Crippen LogP contribution in [-0.2, 0) is 5.41 Å². The van der Waals surface area contributed by atoms with Crippen LogP contribution in [0.1, 0.15) is 25.0 Å². The Bertz CT molecular complexity index is 3140. The molecule has 11 rings (SSSR count). The molecule has 0 aliphatic heterocycles. The minimum atomic E-state index is -0.110. The van der Waals surface area contributed by atoms with Crippen LogP contribution in [0.3, 0.4) is 0 Å². The summed E-state index contributed by atoms with van der Waals surface area (Å²) in [5, 5.41) is 4.71. The highest BCUT2D eigenvalue weighted by Crippen LogP contribution is 2.51. The average molecular weight is 730 g/mol. The van der Waals surface area contributed by atoms with E-state index in [0.29, 0.717) is 0 Å². The van der Waals surface area contributed by atoms with E-state index in [-0.39, 0.29) is 5.41 Å². The molecule has 1 aromatic heterocycles. The third-order valence-electron chi connectivity index (χ3n) is 12.1. The van der Waals surface area contributed by atoms with Gasteiger partial charge < -0.3 is 9.32 Å². The van der Waals surface area contributed by atoms with Crippen molar-refractivity contribution in [3.8, 4) is 44.5 Å². The van der Waals surface area contributed by atoms with Gasteiger partial charge in [-0.05, 0) is 109 Å². The molecule has 0 radical (unpaired) electrons. The predicted octanol–water partition coefficient (Wildman–Crippen LogP) is 15.5. The van der Waals surface area contributed by atoms with Crippen LogP contribution in [0.2, 0.25) is 0 Å². The Kier molecular flexibility index (Phi) is 7.55. The van der Waals surface area contributed by atoms with E-state index in [1.807, 2.05) is 0 Å². The quantitative estimate of drug-likeness (QED) is 0.169. The normalized spacial score (nSPS) is 12.9. The number of furan rings is 1. The molecule has 10 aromatic rings. The maximum absolute atomic E-state index is 6.57. The molecule has 2 heteroatoms. The van der Waals surface area contributed by atoms with Crippen molar-refractivity contribution in [3.05, 3.63) is 211 Å². The lowest BCUT2D eigenvalue weighted by Crippen LogP contribution is -2.16. The van der Waals surface area contributed by atoms with E-state index in [2.05, 4.69) is 219 Å². The monoisotopic (exact) mass is 729 g/mol. The van der Waals surface area contributed by atoms with Crippen molar-refractivity contribution in [2.75, 3.05) is 4.90 Å². The van der Waals surface area contributed by atoms with Crippen molar-refractivity contribution >= 4 is 49.8 Å². The fraction of sp³-hybridized carbons (Fsp3) is 0.0545. The summed E-state index contributed by atoms with van der Waals surface area (Å²) >= 11 is 0. The van der Waals surface area contributed by atoms with E-state index in [4.69, 9.17) is 4.42 Å². The van der Waals surface area contributed by atoms with Crippen LogP contribution < -0.4 is 4.90 Å². The number of hydrogen-bond acceptors (Lipinski definition) is 2. The molecule has 0 saturated heterocycles. The lowest BCUT2D eigenvalue weighted by atomic mass is 9.82. The van der Waals surface area contributed by atoms with E-state index in [0.717, 1.165) is 50.1 Å². The second kappa shape index (κ2) is 13.0. The van der Waals surface area contributed by atoms with E-state index < -0.39 is 0 Å². The summed E-state index contributed by atoms with van der Waals surface area (Å²) in [5.41, 5.74) is 17.5. The first-order valence-corrected chi connectivity index (χ1v) is 19.8. The molecule has 0 atom stereocenters. The number of anilines is 3. The molecule has 0 spiro atoms. The molecule has 1 aliphatic rings. The third kappa shape index (κ3) is 5.33. The van der Waals surface area contributed by atoms with Gasteiger partial charge in [-0.25, -0.2) is 0 Å². The standard InChI is InChI=1S/C55H39NO/c1-55(2)49-23-13-11-21-44(49)45-31-30-41(34-50(45)55)56(51-24-14-12-19-42(51)37-15-5-3-6-16-37)40-28-25-36(26-29-40)39-27-32-52-48(33-39)54-46-22-10-9-20-43(46)47(35-53(54)57-52)38-17-7-4-8-18-38/h3-35H,1-2H3. The summed E-state index contributed by atoms with van der Waals surface area (Å²) < 4.78 is 6.57. The molecule has 270 valence electrons. The summed E-state index contributed by atoms with van der Waals surface area (Å²) in [6.45, 7) is 4.70. The first-order chi connectivity index (χ1) is 28.0. The van der Waals surface area contributed by atoms with Gasteiger partial charge >= 0.3 is 0 Å². The van der Waals surface area contributed by atoms with Crippen LogP contribution >= 0.6 is 0 Å². The molecule has 0 unspecified atom stereocenters. The Labute approximate surface area is 332 Å². The summed E-state index contributed by atoms with van der Waals surface area (Å²) in [7, 11) is 0. The molecule has 9 aromatic carbocycles. The van der Waals surface area contributed by atoms with Gasteiger partial charge in [0.05, 0.1) is 5.69 Å². The summed E-state index contributed by atoms with van der Waals surface area (Å²) in [6.07, 6.45) is 0. The Morgan fingerprint density at radius 2 is 0.965 bits per heavy atom. The van der Waals surface area contributed by atoms with E-state index >= 15 is 0 Å². The van der Waals surface area contributed by atoms with Gasteiger partial charge in [-0.1, -0.05) is 166 Å². The van der Waals surface area contributed by atoms with Gasteiger partial charge in [-0.3, -0.25) is 0 Å². The topological polar surface area (TPSA) is 16.4 Å². The second-order valence-electron chi connectivity index (χ2n) is 15.7. The first kappa shape index (κ1) is 33.2. The molecule has 0 N–H and O–H groups in total. The molecular formula is C55H39NO. The maximum atomic E-state index is 6.57. The highest BCUT2D eigenvalue weighted by molar-refractivity contribution is 6.22. The predicted molar refractivity (Wildman–Crippen MR) is 240 cm³/mol. The second-order valence-corrected chi connectivity index (χ2v) is 15.7. The van der Waals surface area contributed by atoms with Gasteiger partial charge in [0.1, 0.15) is 11.2 Å². The van der Waals surface area contributed by atoms with Crippen LogP contribution in [0.4, 0.5) is 17.1 Å². The van der Waals surface area contributed by atoms with Crippen molar-refractivity contribution in [1.29, 1.82) is 0 Å². The lowest BCUT2D eigenvalue weighted by Gasteiger charge is -2.30.